The molecule has 1 N–H and O–H groups in total. The zero-order valence-corrected chi connectivity index (χ0v) is 13.3. The molecule has 0 fully saturated rings. The van der Waals surface area contributed by atoms with Crippen LogP contribution in [0.4, 0.5) is 4.39 Å². The van der Waals surface area contributed by atoms with Gasteiger partial charge in [0.25, 0.3) is 0 Å². The Morgan fingerprint density at radius 3 is 2.60 bits per heavy atom. The van der Waals surface area contributed by atoms with Gasteiger partial charge < -0.3 is 9.52 Å². The van der Waals surface area contributed by atoms with Crippen LogP contribution in [0.2, 0.25) is 0 Å². The highest BCUT2D eigenvalue weighted by molar-refractivity contribution is 9.11. The van der Waals surface area contributed by atoms with Crippen LogP contribution < -0.4 is 0 Å². The van der Waals surface area contributed by atoms with Crippen molar-refractivity contribution in [3.63, 3.8) is 0 Å². The van der Waals surface area contributed by atoms with Gasteiger partial charge in [0.1, 0.15) is 11.9 Å². The molecule has 20 heavy (non-hydrogen) atoms. The molecule has 102 valence electrons. The summed E-state index contributed by atoms with van der Waals surface area (Å²) in [4.78, 5) is 0. The van der Waals surface area contributed by atoms with Gasteiger partial charge in [0.2, 0.25) is 0 Å². The summed E-state index contributed by atoms with van der Waals surface area (Å²) in [7, 11) is 0. The molecule has 0 radical (unpaired) electrons. The average molecular weight is 400 g/mol. The molecule has 1 aromatic heterocycles. The van der Waals surface area contributed by atoms with Gasteiger partial charge in [-0.2, -0.15) is 0 Å². The lowest BCUT2D eigenvalue weighted by molar-refractivity contribution is 0.191. The number of rotatable bonds is 2. The first-order chi connectivity index (χ1) is 9.56. The number of para-hydroxylation sites is 1. The van der Waals surface area contributed by atoms with Crippen LogP contribution in [0.15, 0.2) is 55.8 Å². The van der Waals surface area contributed by atoms with Crippen molar-refractivity contribution in [3.8, 4) is 0 Å². The van der Waals surface area contributed by atoms with E-state index in [2.05, 4.69) is 31.9 Å². The summed E-state index contributed by atoms with van der Waals surface area (Å²) in [5.41, 5.74) is 0.822. The summed E-state index contributed by atoms with van der Waals surface area (Å²) < 4.78 is 20.7. The lowest BCUT2D eigenvalue weighted by Gasteiger charge is -2.10. The number of hydrogen-bond acceptors (Lipinski definition) is 2. The fourth-order valence-corrected chi connectivity index (χ4v) is 3.32. The SMILES string of the molecule is OC(c1cc2cccc(F)c2o1)c1ccc(Br)cc1Br. The first-order valence-electron chi connectivity index (χ1n) is 5.87. The molecule has 3 aromatic rings. The molecule has 0 saturated carbocycles. The maximum atomic E-state index is 13.6. The molecule has 1 atom stereocenters. The van der Waals surface area contributed by atoms with E-state index >= 15 is 0 Å². The summed E-state index contributed by atoms with van der Waals surface area (Å²) in [5.74, 6) is -0.121. The number of furan rings is 1. The van der Waals surface area contributed by atoms with Gasteiger partial charge in [-0.3, -0.25) is 0 Å². The second-order valence-corrected chi connectivity index (χ2v) is 6.15. The van der Waals surface area contributed by atoms with Crippen LogP contribution in [-0.2, 0) is 0 Å². The summed E-state index contributed by atoms with van der Waals surface area (Å²) in [6.45, 7) is 0. The molecule has 0 aliphatic rings. The van der Waals surface area contributed by atoms with Crippen LogP contribution in [0.5, 0.6) is 0 Å². The first kappa shape index (κ1) is 13.8. The average Bonchev–Trinajstić information content (AvgIpc) is 2.83. The number of fused-ring (bicyclic) bond motifs is 1. The molecular weight excluding hydrogens is 391 g/mol. The number of halogens is 3. The van der Waals surface area contributed by atoms with Crippen LogP contribution >= 0.6 is 31.9 Å². The number of aliphatic hydroxyl groups excluding tert-OH is 1. The van der Waals surface area contributed by atoms with Crippen LogP contribution in [-0.4, -0.2) is 5.11 Å². The Bertz CT molecular complexity index is 783. The molecule has 3 rings (SSSR count). The van der Waals surface area contributed by atoms with E-state index in [1.165, 1.54) is 6.07 Å². The second-order valence-electron chi connectivity index (χ2n) is 4.38. The largest absolute Gasteiger partial charge is 0.455 e. The molecular formula is C15H9Br2FO2. The normalized spacial score (nSPS) is 12.8. The number of aliphatic hydroxyl groups is 1. The molecule has 0 aliphatic heterocycles. The lowest BCUT2D eigenvalue weighted by Crippen LogP contribution is -1.98. The van der Waals surface area contributed by atoms with Gasteiger partial charge in [0, 0.05) is 19.9 Å². The molecule has 1 heterocycles. The Morgan fingerprint density at radius 1 is 1.10 bits per heavy atom. The van der Waals surface area contributed by atoms with E-state index in [9.17, 15) is 9.50 Å². The predicted molar refractivity (Wildman–Crippen MR) is 82.1 cm³/mol. The summed E-state index contributed by atoms with van der Waals surface area (Å²) >= 11 is 6.75. The van der Waals surface area contributed by atoms with Gasteiger partial charge in [0.05, 0.1) is 0 Å². The minimum atomic E-state index is -0.954. The van der Waals surface area contributed by atoms with Gasteiger partial charge in [-0.1, -0.05) is 50.1 Å². The Labute approximate surface area is 131 Å². The molecule has 1 unspecified atom stereocenters. The Morgan fingerprint density at radius 2 is 1.90 bits per heavy atom. The maximum Gasteiger partial charge on any atom is 0.170 e. The summed E-state index contributed by atoms with van der Waals surface area (Å²) in [6, 6.07) is 11.8. The predicted octanol–water partition coefficient (Wildman–Crippen LogP) is 5.18. The van der Waals surface area contributed by atoms with Crippen LogP contribution in [0.25, 0.3) is 11.0 Å². The first-order valence-corrected chi connectivity index (χ1v) is 7.46. The smallest absolute Gasteiger partial charge is 0.170 e. The van der Waals surface area contributed by atoms with E-state index in [1.54, 1.807) is 24.3 Å². The fraction of sp³-hybridized carbons (Fsp3) is 0.0667. The van der Waals surface area contributed by atoms with Crippen molar-refractivity contribution in [2.75, 3.05) is 0 Å². The standard InChI is InChI=1S/C15H9Br2FO2/c16-9-4-5-10(11(17)7-9)14(19)13-6-8-2-1-3-12(18)15(8)20-13/h1-7,14,19H. The van der Waals surface area contributed by atoms with Gasteiger partial charge in [-0.15, -0.1) is 0 Å². The molecule has 2 aromatic carbocycles. The van der Waals surface area contributed by atoms with E-state index in [1.807, 2.05) is 12.1 Å². The van der Waals surface area contributed by atoms with E-state index in [0.29, 0.717) is 16.7 Å². The number of benzene rings is 2. The van der Waals surface area contributed by atoms with Gasteiger partial charge >= 0.3 is 0 Å². The minimum absolute atomic E-state index is 0.162. The summed E-state index contributed by atoms with van der Waals surface area (Å²) in [5, 5.41) is 11.0. The second kappa shape index (κ2) is 5.31. The highest BCUT2D eigenvalue weighted by Gasteiger charge is 2.19. The van der Waals surface area contributed by atoms with E-state index in [0.717, 1.165) is 8.95 Å². The van der Waals surface area contributed by atoms with E-state index in [4.69, 9.17) is 4.42 Å². The van der Waals surface area contributed by atoms with Gasteiger partial charge in [-0.25, -0.2) is 4.39 Å². The lowest BCUT2D eigenvalue weighted by atomic mass is 10.1. The monoisotopic (exact) mass is 398 g/mol. The molecule has 0 saturated heterocycles. The third-order valence-electron chi connectivity index (χ3n) is 3.04. The minimum Gasteiger partial charge on any atom is -0.455 e. The van der Waals surface area contributed by atoms with E-state index in [-0.39, 0.29) is 5.58 Å². The molecule has 0 spiro atoms. The Balaban J connectivity index is 2.08. The molecule has 0 aliphatic carbocycles. The highest BCUT2D eigenvalue weighted by Crippen LogP contribution is 2.33. The van der Waals surface area contributed by atoms with Crippen molar-refractivity contribution < 1.29 is 13.9 Å². The number of hydrogen-bond donors (Lipinski definition) is 1. The van der Waals surface area contributed by atoms with Crippen molar-refractivity contribution in [2.45, 2.75) is 6.10 Å². The van der Waals surface area contributed by atoms with Crippen molar-refractivity contribution in [1.82, 2.24) is 0 Å². The van der Waals surface area contributed by atoms with Crippen LogP contribution in [0, 0.1) is 5.82 Å². The zero-order chi connectivity index (χ0) is 14.3. The molecule has 0 amide bonds. The van der Waals surface area contributed by atoms with E-state index < -0.39 is 11.9 Å². The van der Waals surface area contributed by atoms with Crippen molar-refractivity contribution >= 4 is 42.8 Å². The quantitative estimate of drug-likeness (QED) is 0.644. The topological polar surface area (TPSA) is 33.4 Å². The molecule has 5 heteroatoms. The zero-order valence-electron chi connectivity index (χ0n) is 10.1. The van der Waals surface area contributed by atoms with Crippen molar-refractivity contribution in [3.05, 3.63) is 68.6 Å². The summed E-state index contributed by atoms with van der Waals surface area (Å²) in [6.07, 6.45) is -0.954. The Hall–Kier alpha value is -1.17. The van der Waals surface area contributed by atoms with Crippen LogP contribution in [0.3, 0.4) is 0 Å². The van der Waals surface area contributed by atoms with Crippen molar-refractivity contribution in [2.24, 2.45) is 0 Å². The third-order valence-corrected chi connectivity index (χ3v) is 4.22. The van der Waals surface area contributed by atoms with Gasteiger partial charge in [-0.05, 0) is 24.3 Å². The molecule has 2 nitrogen and oxygen atoms in total. The molecule has 0 bridgehead atoms. The third kappa shape index (κ3) is 2.41. The van der Waals surface area contributed by atoms with Crippen LogP contribution in [0.1, 0.15) is 17.4 Å². The van der Waals surface area contributed by atoms with Gasteiger partial charge in [0.15, 0.2) is 11.4 Å². The van der Waals surface area contributed by atoms with Crippen molar-refractivity contribution in [1.29, 1.82) is 0 Å². The highest BCUT2D eigenvalue weighted by atomic mass is 79.9. The fourth-order valence-electron chi connectivity index (χ4n) is 2.06. The Kier molecular flexibility index (Phi) is 3.67. The maximum absolute atomic E-state index is 13.6.